The van der Waals surface area contributed by atoms with Gasteiger partial charge in [0, 0.05) is 18.8 Å². The predicted octanol–water partition coefficient (Wildman–Crippen LogP) is 2.93. The number of nitrogens with zero attached hydrogens (tertiary/aromatic N) is 4. The molecule has 1 aliphatic rings. The number of likely N-dealkylation sites (tertiary alicyclic amines) is 1. The van der Waals surface area contributed by atoms with Crippen molar-refractivity contribution < 1.29 is 4.79 Å². The second-order valence-electron chi connectivity index (χ2n) is 6.17. The van der Waals surface area contributed by atoms with Crippen molar-refractivity contribution in [2.24, 2.45) is 5.92 Å². The van der Waals surface area contributed by atoms with Gasteiger partial charge < -0.3 is 4.90 Å². The van der Waals surface area contributed by atoms with Crippen molar-refractivity contribution in [3.8, 4) is 5.69 Å². The molecular weight excluding hydrogens is 308 g/mol. The number of carbonyl (C=O) groups is 1. The summed E-state index contributed by atoms with van der Waals surface area (Å²) in [5.41, 5.74) is 2.23. The van der Waals surface area contributed by atoms with Crippen LogP contribution in [0.25, 0.3) is 5.69 Å². The Morgan fingerprint density at radius 2 is 1.96 bits per heavy atom. The maximum absolute atomic E-state index is 12.3. The second kappa shape index (κ2) is 7.17. The maximum Gasteiger partial charge on any atom is 0.233 e. The number of hydrogen-bond acceptors (Lipinski definition) is 4. The van der Waals surface area contributed by atoms with Crippen LogP contribution in [0.2, 0.25) is 0 Å². The molecule has 0 spiro atoms. The maximum atomic E-state index is 12.3. The van der Waals surface area contributed by atoms with Gasteiger partial charge in [-0.05, 0) is 37.8 Å². The quantitative estimate of drug-likeness (QED) is 0.809. The predicted molar refractivity (Wildman–Crippen MR) is 91.8 cm³/mol. The SMILES string of the molecule is Cc1ccc(-n2cnnc2SCC(=O)N2CCC(C)CC2)cc1. The van der Waals surface area contributed by atoms with Crippen molar-refractivity contribution in [3.63, 3.8) is 0 Å². The van der Waals surface area contributed by atoms with E-state index in [2.05, 4.69) is 36.2 Å². The Morgan fingerprint density at radius 1 is 1.26 bits per heavy atom. The number of rotatable bonds is 4. The molecule has 6 heteroatoms. The molecule has 1 aromatic carbocycles. The molecule has 0 radical (unpaired) electrons. The van der Waals surface area contributed by atoms with E-state index in [0.29, 0.717) is 5.75 Å². The molecule has 1 fully saturated rings. The molecule has 1 aliphatic heterocycles. The van der Waals surface area contributed by atoms with Crippen molar-refractivity contribution in [3.05, 3.63) is 36.2 Å². The van der Waals surface area contributed by atoms with Crippen molar-refractivity contribution in [2.45, 2.75) is 31.8 Å². The van der Waals surface area contributed by atoms with E-state index in [1.807, 2.05) is 21.6 Å². The van der Waals surface area contributed by atoms with Crippen molar-refractivity contribution in [2.75, 3.05) is 18.8 Å². The first-order chi connectivity index (χ1) is 11.1. The van der Waals surface area contributed by atoms with Gasteiger partial charge in [-0.2, -0.15) is 0 Å². The first kappa shape index (κ1) is 16.1. The fraction of sp³-hybridized carbons (Fsp3) is 0.471. The van der Waals surface area contributed by atoms with Gasteiger partial charge in [-0.3, -0.25) is 9.36 Å². The van der Waals surface area contributed by atoms with E-state index < -0.39 is 0 Å². The summed E-state index contributed by atoms with van der Waals surface area (Å²) < 4.78 is 1.93. The highest BCUT2D eigenvalue weighted by molar-refractivity contribution is 7.99. The fourth-order valence-corrected chi connectivity index (χ4v) is 3.51. The van der Waals surface area contributed by atoms with E-state index in [4.69, 9.17) is 0 Å². The molecule has 2 aromatic rings. The van der Waals surface area contributed by atoms with Crippen molar-refractivity contribution in [1.82, 2.24) is 19.7 Å². The van der Waals surface area contributed by atoms with Gasteiger partial charge in [0.2, 0.25) is 5.91 Å². The van der Waals surface area contributed by atoms with Crippen LogP contribution in [0, 0.1) is 12.8 Å². The lowest BCUT2D eigenvalue weighted by Crippen LogP contribution is -2.38. The number of aromatic nitrogens is 3. The van der Waals surface area contributed by atoms with E-state index in [0.717, 1.165) is 42.7 Å². The molecule has 1 saturated heterocycles. The van der Waals surface area contributed by atoms with E-state index in [-0.39, 0.29) is 5.91 Å². The summed E-state index contributed by atoms with van der Waals surface area (Å²) in [7, 11) is 0. The Morgan fingerprint density at radius 3 is 2.65 bits per heavy atom. The van der Waals surface area contributed by atoms with E-state index >= 15 is 0 Å². The molecule has 1 aromatic heterocycles. The van der Waals surface area contributed by atoms with Crippen LogP contribution < -0.4 is 0 Å². The topological polar surface area (TPSA) is 51.0 Å². The monoisotopic (exact) mass is 330 g/mol. The lowest BCUT2D eigenvalue weighted by Gasteiger charge is -2.30. The summed E-state index contributed by atoms with van der Waals surface area (Å²) in [4.78, 5) is 14.3. The number of amides is 1. The van der Waals surface area contributed by atoms with Gasteiger partial charge in [0.1, 0.15) is 6.33 Å². The largest absolute Gasteiger partial charge is 0.342 e. The molecule has 122 valence electrons. The summed E-state index contributed by atoms with van der Waals surface area (Å²) in [6.45, 7) is 6.07. The minimum atomic E-state index is 0.195. The number of hydrogen-bond donors (Lipinski definition) is 0. The summed E-state index contributed by atoms with van der Waals surface area (Å²) in [5, 5.41) is 8.89. The Labute approximate surface area is 141 Å². The van der Waals surface area contributed by atoms with Gasteiger partial charge in [0.25, 0.3) is 0 Å². The third-order valence-corrected chi connectivity index (χ3v) is 5.22. The third kappa shape index (κ3) is 3.93. The van der Waals surface area contributed by atoms with Crippen LogP contribution in [-0.2, 0) is 4.79 Å². The molecule has 0 unspecified atom stereocenters. The zero-order valence-electron chi connectivity index (χ0n) is 13.6. The number of piperidine rings is 1. The molecule has 2 heterocycles. The summed E-state index contributed by atoms with van der Waals surface area (Å²) in [6.07, 6.45) is 3.91. The van der Waals surface area contributed by atoms with Crippen molar-refractivity contribution in [1.29, 1.82) is 0 Å². The van der Waals surface area contributed by atoms with Gasteiger partial charge in [0.15, 0.2) is 5.16 Å². The molecule has 1 amide bonds. The number of benzene rings is 1. The minimum Gasteiger partial charge on any atom is -0.342 e. The number of carbonyl (C=O) groups excluding carboxylic acids is 1. The third-order valence-electron chi connectivity index (χ3n) is 4.29. The van der Waals surface area contributed by atoms with Gasteiger partial charge in [-0.15, -0.1) is 10.2 Å². The average Bonchev–Trinajstić information content (AvgIpc) is 3.02. The molecule has 0 N–H and O–H groups in total. The first-order valence-electron chi connectivity index (χ1n) is 8.01. The first-order valence-corrected chi connectivity index (χ1v) is 8.99. The number of thioether (sulfide) groups is 1. The van der Waals surface area contributed by atoms with Crippen molar-refractivity contribution >= 4 is 17.7 Å². The van der Waals surface area contributed by atoms with E-state index in [1.165, 1.54) is 17.3 Å². The molecule has 0 atom stereocenters. The fourth-order valence-electron chi connectivity index (χ4n) is 2.68. The lowest BCUT2D eigenvalue weighted by molar-refractivity contribution is -0.129. The average molecular weight is 330 g/mol. The second-order valence-corrected chi connectivity index (χ2v) is 7.11. The van der Waals surface area contributed by atoms with Crippen LogP contribution in [0.1, 0.15) is 25.3 Å². The molecular formula is C17H22N4OS. The standard InChI is InChI=1S/C17H22N4OS/c1-13-3-5-15(6-4-13)21-12-18-19-17(21)23-11-16(22)20-9-7-14(2)8-10-20/h3-6,12,14H,7-11H2,1-2H3. The zero-order valence-corrected chi connectivity index (χ0v) is 14.4. The number of aryl methyl sites for hydroxylation is 1. The highest BCUT2D eigenvalue weighted by Crippen LogP contribution is 2.22. The van der Waals surface area contributed by atoms with Gasteiger partial charge in [-0.25, -0.2) is 0 Å². The summed E-state index contributed by atoms with van der Waals surface area (Å²) in [5.74, 6) is 1.34. The Hall–Kier alpha value is -1.82. The molecule has 0 aliphatic carbocycles. The summed E-state index contributed by atoms with van der Waals surface area (Å²) in [6, 6.07) is 8.20. The van der Waals surface area contributed by atoms with Crippen LogP contribution >= 0.6 is 11.8 Å². The zero-order chi connectivity index (χ0) is 16.2. The van der Waals surface area contributed by atoms with Gasteiger partial charge >= 0.3 is 0 Å². The van der Waals surface area contributed by atoms with Gasteiger partial charge in [-0.1, -0.05) is 36.4 Å². The van der Waals surface area contributed by atoms with Crippen LogP contribution in [0.4, 0.5) is 0 Å². The normalized spacial score (nSPS) is 15.8. The summed E-state index contributed by atoms with van der Waals surface area (Å²) >= 11 is 1.45. The van der Waals surface area contributed by atoms with Crippen LogP contribution in [0.15, 0.2) is 35.7 Å². The van der Waals surface area contributed by atoms with Crippen LogP contribution in [-0.4, -0.2) is 44.4 Å². The molecule has 0 bridgehead atoms. The van der Waals surface area contributed by atoms with E-state index in [1.54, 1.807) is 6.33 Å². The van der Waals surface area contributed by atoms with E-state index in [9.17, 15) is 4.79 Å². The highest BCUT2D eigenvalue weighted by Gasteiger charge is 2.21. The Kier molecular flexibility index (Phi) is 5.00. The molecule has 23 heavy (non-hydrogen) atoms. The lowest BCUT2D eigenvalue weighted by atomic mass is 9.99. The minimum absolute atomic E-state index is 0.195. The molecule has 0 saturated carbocycles. The molecule has 3 rings (SSSR count). The smallest absolute Gasteiger partial charge is 0.233 e. The Bertz CT molecular complexity index is 659. The van der Waals surface area contributed by atoms with Crippen LogP contribution in [0.5, 0.6) is 0 Å². The Balaban J connectivity index is 1.62. The highest BCUT2D eigenvalue weighted by atomic mass is 32.2. The van der Waals surface area contributed by atoms with Crippen LogP contribution in [0.3, 0.4) is 0 Å². The molecule has 5 nitrogen and oxygen atoms in total. The van der Waals surface area contributed by atoms with Gasteiger partial charge in [0.05, 0.1) is 5.75 Å².